The van der Waals surface area contributed by atoms with Gasteiger partial charge in [0.15, 0.2) is 5.82 Å². The van der Waals surface area contributed by atoms with Crippen LogP contribution < -0.4 is 9.46 Å². The monoisotopic (exact) mass is 472 g/mol. The van der Waals surface area contributed by atoms with E-state index in [1.165, 1.54) is 36.4 Å². The molecule has 2 aromatic carbocycles. The van der Waals surface area contributed by atoms with Crippen molar-refractivity contribution in [3.05, 3.63) is 63.6 Å². The van der Waals surface area contributed by atoms with Crippen LogP contribution in [0.5, 0.6) is 11.8 Å². The van der Waals surface area contributed by atoms with Gasteiger partial charge in [0.25, 0.3) is 0 Å². The Morgan fingerprint density at radius 1 is 1.17 bits per heavy atom. The molecule has 0 aliphatic carbocycles. The van der Waals surface area contributed by atoms with Crippen LogP contribution in [0.3, 0.4) is 0 Å². The van der Waals surface area contributed by atoms with Crippen molar-refractivity contribution < 1.29 is 17.5 Å². The number of aromatic nitrogens is 3. The van der Waals surface area contributed by atoms with Crippen LogP contribution in [-0.4, -0.2) is 23.2 Å². The minimum absolute atomic E-state index is 0.0163. The van der Waals surface area contributed by atoms with Gasteiger partial charge in [-0.2, -0.15) is 0 Å². The van der Waals surface area contributed by atoms with Crippen molar-refractivity contribution in [2.75, 3.05) is 0 Å². The zero-order valence-corrected chi connectivity index (χ0v) is 18.7. The van der Waals surface area contributed by atoms with Gasteiger partial charge in [-0.05, 0) is 62.7 Å². The lowest BCUT2D eigenvalue weighted by Gasteiger charge is -2.16. The second-order valence-electron chi connectivity index (χ2n) is 6.52. The first-order valence-corrected chi connectivity index (χ1v) is 11.2. The van der Waals surface area contributed by atoms with Gasteiger partial charge in [0.2, 0.25) is 10.0 Å². The van der Waals surface area contributed by atoms with E-state index >= 15 is 0 Å². The first-order valence-electron chi connectivity index (χ1n) is 8.97. The standard InChI is InChI=1S/C19H19Cl2FN4O3S/c1-4-26-18(23-24-19(26)29-14-7-5-13(22)6-8-14)12(3)25-30(27,28)17-9-11(2)15(20)10-16(17)21/h5-10,12,25H,4H2,1-3H3/t12-/m1/s1. The number of aryl methyl sites for hydroxylation is 1. The summed E-state index contributed by atoms with van der Waals surface area (Å²) in [4.78, 5) is -0.0803. The number of hydrogen-bond donors (Lipinski definition) is 1. The molecule has 1 heterocycles. The number of sulfonamides is 1. The Kier molecular flexibility index (Phi) is 6.66. The maximum atomic E-state index is 13.1. The summed E-state index contributed by atoms with van der Waals surface area (Å²) in [6.07, 6.45) is 0. The Morgan fingerprint density at radius 2 is 1.83 bits per heavy atom. The summed E-state index contributed by atoms with van der Waals surface area (Å²) >= 11 is 12.1. The first-order chi connectivity index (χ1) is 14.1. The predicted octanol–water partition coefficient (Wildman–Crippen LogP) is 4.88. The molecule has 0 radical (unpaired) electrons. The molecule has 0 spiro atoms. The van der Waals surface area contributed by atoms with Crippen molar-refractivity contribution >= 4 is 33.2 Å². The third kappa shape index (κ3) is 4.75. The first kappa shape index (κ1) is 22.5. The number of nitrogens with zero attached hydrogens (tertiary/aromatic N) is 3. The number of halogens is 3. The Balaban J connectivity index is 1.86. The molecule has 1 atom stereocenters. The molecule has 0 aliphatic rings. The molecule has 0 amide bonds. The second kappa shape index (κ2) is 8.89. The SMILES string of the molecule is CCn1c(Oc2ccc(F)cc2)nnc1[C@@H](C)NS(=O)(=O)c1cc(C)c(Cl)cc1Cl. The lowest BCUT2D eigenvalue weighted by atomic mass is 10.2. The van der Waals surface area contributed by atoms with Crippen molar-refractivity contribution in [1.82, 2.24) is 19.5 Å². The van der Waals surface area contributed by atoms with Crippen LogP contribution in [0.4, 0.5) is 4.39 Å². The molecule has 3 rings (SSSR count). The van der Waals surface area contributed by atoms with Crippen LogP contribution in [0.1, 0.15) is 31.3 Å². The van der Waals surface area contributed by atoms with E-state index in [4.69, 9.17) is 27.9 Å². The van der Waals surface area contributed by atoms with E-state index in [0.717, 1.165) is 0 Å². The summed E-state index contributed by atoms with van der Waals surface area (Å²) in [6, 6.07) is 7.66. The number of rotatable bonds is 7. The third-order valence-corrected chi connectivity index (χ3v) is 6.72. The molecule has 160 valence electrons. The second-order valence-corrected chi connectivity index (χ2v) is 9.01. The van der Waals surface area contributed by atoms with E-state index in [1.807, 2.05) is 6.92 Å². The summed E-state index contributed by atoms with van der Waals surface area (Å²) in [5.41, 5.74) is 0.584. The van der Waals surface area contributed by atoms with Crippen molar-refractivity contribution in [3.63, 3.8) is 0 Å². The molecule has 0 bridgehead atoms. The molecule has 0 saturated carbocycles. The fourth-order valence-corrected chi connectivity index (χ4v) is 4.82. The quantitative estimate of drug-likeness (QED) is 0.529. The highest BCUT2D eigenvalue weighted by Gasteiger charge is 2.26. The molecule has 7 nitrogen and oxygen atoms in total. The molecular weight excluding hydrogens is 454 g/mol. The molecule has 11 heteroatoms. The van der Waals surface area contributed by atoms with Crippen LogP contribution in [0.25, 0.3) is 0 Å². The third-order valence-electron chi connectivity index (χ3n) is 4.31. The highest BCUT2D eigenvalue weighted by molar-refractivity contribution is 7.89. The minimum atomic E-state index is -3.96. The fraction of sp³-hybridized carbons (Fsp3) is 0.263. The van der Waals surface area contributed by atoms with Gasteiger partial charge < -0.3 is 4.74 Å². The van der Waals surface area contributed by atoms with Crippen molar-refractivity contribution in [1.29, 1.82) is 0 Å². The van der Waals surface area contributed by atoms with Crippen LogP contribution in [-0.2, 0) is 16.6 Å². The van der Waals surface area contributed by atoms with Crippen LogP contribution in [0.15, 0.2) is 41.3 Å². The van der Waals surface area contributed by atoms with E-state index in [0.29, 0.717) is 28.7 Å². The number of benzene rings is 2. The smallest absolute Gasteiger partial charge is 0.322 e. The average Bonchev–Trinajstić information content (AvgIpc) is 3.08. The van der Waals surface area contributed by atoms with Gasteiger partial charge in [-0.15, -0.1) is 5.10 Å². The summed E-state index contributed by atoms with van der Waals surface area (Å²) in [5, 5.41) is 8.45. The topological polar surface area (TPSA) is 86.1 Å². The predicted molar refractivity (Wildman–Crippen MR) is 112 cm³/mol. The zero-order valence-electron chi connectivity index (χ0n) is 16.4. The van der Waals surface area contributed by atoms with Crippen molar-refractivity contribution in [3.8, 4) is 11.8 Å². The van der Waals surface area contributed by atoms with Crippen molar-refractivity contribution in [2.24, 2.45) is 0 Å². The fourth-order valence-electron chi connectivity index (χ4n) is 2.79. The van der Waals surface area contributed by atoms with Crippen LogP contribution >= 0.6 is 23.2 Å². The van der Waals surface area contributed by atoms with Gasteiger partial charge in [-0.1, -0.05) is 28.3 Å². The number of nitrogens with one attached hydrogen (secondary N) is 1. The zero-order chi connectivity index (χ0) is 22.1. The van der Waals surface area contributed by atoms with E-state index in [2.05, 4.69) is 14.9 Å². The van der Waals surface area contributed by atoms with Gasteiger partial charge in [0.05, 0.1) is 11.1 Å². The molecule has 1 aromatic heterocycles. The average molecular weight is 473 g/mol. The van der Waals surface area contributed by atoms with E-state index in [-0.39, 0.29) is 21.7 Å². The molecule has 1 N–H and O–H groups in total. The number of hydrogen-bond acceptors (Lipinski definition) is 5. The highest BCUT2D eigenvalue weighted by Crippen LogP contribution is 2.30. The van der Waals surface area contributed by atoms with Gasteiger partial charge in [0.1, 0.15) is 16.5 Å². The highest BCUT2D eigenvalue weighted by atomic mass is 35.5. The molecular formula is C19H19Cl2FN4O3S. The Bertz CT molecular complexity index is 1170. The summed E-state index contributed by atoms with van der Waals surface area (Å²) in [6.45, 7) is 5.58. The molecule has 0 unspecified atom stereocenters. The Hall–Kier alpha value is -2.20. The van der Waals surface area contributed by atoms with Crippen LogP contribution in [0, 0.1) is 12.7 Å². The summed E-state index contributed by atoms with van der Waals surface area (Å²) in [7, 11) is -3.96. The maximum absolute atomic E-state index is 13.1. The normalized spacial score (nSPS) is 12.7. The minimum Gasteiger partial charge on any atom is -0.424 e. The van der Waals surface area contributed by atoms with E-state index in [9.17, 15) is 12.8 Å². The Morgan fingerprint density at radius 3 is 2.47 bits per heavy atom. The largest absolute Gasteiger partial charge is 0.424 e. The van der Waals surface area contributed by atoms with E-state index < -0.39 is 16.1 Å². The number of ether oxygens (including phenoxy) is 1. The van der Waals surface area contributed by atoms with Crippen LogP contribution in [0.2, 0.25) is 10.0 Å². The molecule has 30 heavy (non-hydrogen) atoms. The van der Waals surface area contributed by atoms with E-state index in [1.54, 1.807) is 18.4 Å². The van der Waals surface area contributed by atoms with Gasteiger partial charge >= 0.3 is 6.01 Å². The van der Waals surface area contributed by atoms with Gasteiger partial charge in [-0.25, -0.2) is 17.5 Å². The molecule has 0 fully saturated rings. The lowest BCUT2D eigenvalue weighted by Crippen LogP contribution is -2.29. The molecule has 0 aliphatic heterocycles. The Labute approximate surface area is 183 Å². The lowest BCUT2D eigenvalue weighted by molar-refractivity contribution is 0.407. The summed E-state index contributed by atoms with van der Waals surface area (Å²) in [5.74, 6) is 0.334. The van der Waals surface area contributed by atoms with Crippen molar-refractivity contribution in [2.45, 2.75) is 38.3 Å². The van der Waals surface area contributed by atoms with Gasteiger partial charge in [0, 0.05) is 11.6 Å². The summed E-state index contributed by atoms with van der Waals surface area (Å²) < 4.78 is 48.6. The molecule has 0 saturated heterocycles. The van der Waals surface area contributed by atoms with Gasteiger partial charge in [-0.3, -0.25) is 4.57 Å². The molecule has 3 aromatic rings. The maximum Gasteiger partial charge on any atom is 0.322 e.